The lowest BCUT2D eigenvalue weighted by Gasteiger charge is -2.43. The molecule has 0 aromatic heterocycles. The third kappa shape index (κ3) is 2.16. The maximum absolute atomic E-state index is 12.2. The summed E-state index contributed by atoms with van der Waals surface area (Å²) in [5.74, 6) is 0.251. The number of nitrogens with one attached hydrogen (secondary N) is 1. The number of amides is 1. The van der Waals surface area contributed by atoms with Crippen LogP contribution in [0.25, 0.3) is 0 Å². The lowest BCUT2D eigenvalue weighted by atomic mass is 10.0. The van der Waals surface area contributed by atoms with E-state index >= 15 is 0 Å². The van der Waals surface area contributed by atoms with E-state index in [0.29, 0.717) is 13.2 Å². The molecule has 0 saturated carbocycles. The van der Waals surface area contributed by atoms with Gasteiger partial charge in [0.15, 0.2) is 0 Å². The second kappa shape index (κ2) is 4.10. The van der Waals surface area contributed by atoms with Gasteiger partial charge in [0.05, 0.1) is 24.8 Å². The van der Waals surface area contributed by atoms with Crippen molar-refractivity contribution in [2.75, 3.05) is 26.3 Å². The predicted octanol–water partition coefficient (Wildman–Crippen LogP) is 0.376. The van der Waals surface area contributed by atoms with Crippen molar-refractivity contribution >= 4 is 5.91 Å². The van der Waals surface area contributed by atoms with Gasteiger partial charge in [0.1, 0.15) is 0 Å². The first-order valence-corrected chi connectivity index (χ1v) is 5.74. The minimum atomic E-state index is -0.153. The Morgan fingerprint density at radius 3 is 2.93 bits per heavy atom. The molecule has 86 valence electrons. The molecule has 2 aliphatic rings. The predicted molar refractivity (Wildman–Crippen MR) is 57.6 cm³/mol. The van der Waals surface area contributed by atoms with Gasteiger partial charge in [0, 0.05) is 6.54 Å². The second-order valence-corrected chi connectivity index (χ2v) is 5.00. The van der Waals surface area contributed by atoms with Crippen LogP contribution in [-0.2, 0) is 9.53 Å². The first-order chi connectivity index (χ1) is 7.11. The smallest absolute Gasteiger partial charge is 0.240 e. The normalized spacial score (nSPS) is 30.5. The van der Waals surface area contributed by atoms with Gasteiger partial charge < -0.3 is 15.0 Å². The van der Waals surface area contributed by atoms with E-state index in [1.54, 1.807) is 0 Å². The molecule has 0 spiro atoms. The molecular weight excluding hydrogens is 192 g/mol. The molecule has 0 unspecified atom stereocenters. The highest BCUT2D eigenvalue weighted by molar-refractivity contribution is 5.83. The van der Waals surface area contributed by atoms with E-state index in [0.717, 1.165) is 25.9 Å². The average Bonchev–Trinajstić information content (AvgIpc) is 2.69. The van der Waals surface area contributed by atoms with Crippen LogP contribution in [0.15, 0.2) is 0 Å². The zero-order valence-corrected chi connectivity index (χ0v) is 9.58. The highest BCUT2D eigenvalue weighted by atomic mass is 16.5. The van der Waals surface area contributed by atoms with Crippen LogP contribution >= 0.6 is 0 Å². The molecule has 1 atom stereocenters. The van der Waals surface area contributed by atoms with E-state index in [-0.39, 0.29) is 17.5 Å². The summed E-state index contributed by atoms with van der Waals surface area (Å²) >= 11 is 0. The topological polar surface area (TPSA) is 41.6 Å². The molecule has 0 bridgehead atoms. The molecule has 0 aromatic carbocycles. The molecule has 2 fully saturated rings. The molecule has 0 aromatic rings. The number of hydrogen-bond acceptors (Lipinski definition) is 3. The van der Waals surface area contributed by atoms with Crippen LogP contribution in [0.5, 0.6) is 0 Å². The van der Waals surface area contributed by atoms with Gasteiger partial charge in [0.2, 0.25) is 5.91 Å². The largest absolute Gasteiger partial charge is 0.377 e. The summed E-state index contributed by atoms with van der Waals surface area (Å²) in [6.45, 7) is 7.15. The first-order valence-electron chi connectivity index (χ1n) is 5.74. The Labute approximate surface area is 91.0 Å². The molecule has 4 heteroatoms. The average molecular weight is 212 g/mol. The van der Waals surface area contributed by atoms with Crippen molar-refractivity contribution in [1.29, 1.82) is 0 Å². The molecule has 0 aliphatic carbocycles. The standard InChI is InChI=1S/C11H20N2O2/c1-11(2)8-15-7-6-13(11)10(14)9-4-3-5-12-9/h9,12H,3-8H2,1-2H3/t9-/m0/s1. The van der Waals surface area contributed by atoms with Crippen molar-refractivity contribution < 1.29 is 9.53 Å². The maximum Gasteiger partial charge on any atom is 0.240 e. The van der Waals surface area contributed by atoms with Crippen LogP contribution in [0.2, 0.25) is 0 Å². The van der Waals surface area contributed by atoms with Gasteiger partial charge in [-0.2, -0.15) is 0 Å². The molecule has 0 radical (unpaired) electrons. The van der Waals surface area contributed by atoms with Crippen LogP contribution in [0.1, 0.15) is 26.7 Å². The number of ether oxygens (including phenoxy) is 1. The molecule has 2 aliphatic heterocycles. The number of morpholine rings is 1. The summed E-state index contributed by atoms with van der Waals surface area (Å²) in [6.07, 6.45) is 2.09. The lowest BCUT2D eigenvalue weighted by molar-refractivity contribution is -0.148. The summed E-state index contributed by atoms with van der Waals surface area (Å²) in [5.41, 5.74) is -0.153. The third-order valence-corrected chi connectivity index (χ3v) is 3.27. The molecule has 2 saturated heterocycles. The Morgan fingerprint density at radius 2 is 2.33 bits per heavy atom. The van der Waals surface area contributed by atoms with E-state index in [1.807, 2.05) is 4.90 Å². The van der Waals surface area contributed by atoms with Gasteiger partial charge in [0.25, 0.3) is 0 Å². The van der Waals surface area contributed by atoms with E-state index in [9.17, 15) is 4.79 Å². The summed E-state index contributed by atoms with van der Waals surface area (Å²) < 4.78 is 5.41. The van der Waals surface area contributed by atoms with E-state index < -0.39 is 0 Å². The summed E-state index contributed by atoms with van der Waals surface area (Å²) in [7, 11) is 0. The van der Waals surface area contributed by atoms with Gasteiger partial charge in [-0.3, -0.25) is 4.79 Å². The molecule has 2 rings (SSSR count). The van der Waals surface area contributed by atoms with E-state index in [4.69, 9.17) is 4.74 Å². The first kappa shape index (κ1) is 10.9. The molecule has 1 N–H and O–H groups in total. The van der Waals surface area contributed by atoms with Crippen LogP contribution in [0, 0.1) is 0 Å². The number of carbonyl (C=O) groups excluding carboxylic acids is 1. The van der Waals surface area contributed by atoms with Gasteiger partial charge in [-0.05, 0) is 33.2 Å². The van der Waals surface area contributed by atoms with Crippen molar-refractivity contribution in [3.8, 4) is 0 Å². The maximum atomic E-state index is 12.2. The van der Waals surface area contributed by atoms with Crippen molar-refractivity contribution in [2.45, 2.75) is 38.3 Å². The molecular formula is C11H20N2O2. The van der Waals surface area contributed by atoms with Crippen molar-refractivity contribution in [3.63, 3.8) is 0 Å². The van der Waals surface area contributed by atoms with Crippen LogP contribution in [-0.4, -0.2) is 48.7 Å². The monoisotopic (exact) mass is 212 g/mol. The summed E-state index contributed by atoms with van der Waals surface area (Å²) in [4.78, 5) is 14.2. The third-order valence-electron chi connectivity index (χ3n) is 3.27. The SMILES string of the molecule is CC1(C)COCCN1C(=O)[C@@H]1CCCN1. The molecule has 15 heavy (non-hydrogen) atoms. The Kier molecular flexibility index (Phi) is 2.98. The van der Waals surface area contributed by atoms with Crippen LogP contribution in [0.4, 0.5) is 0 Å². The highest BCUT2D eigenvalue weighted by Crippen LogP contribution is 2.21. The van der Waals surface area contributed by atoms with Gasteiger partial charge in [-0.25, -0.2) is 0 Å². The molecule has 2 heterocycles. The van der Waals surface area contributed by atoms with Crippen molar-refractivity contribution in [1.82, 2.24) is 10.2 Å². The van der Waals surface area contributed by atoms with Crippen LogP contribution in [0.3, 0.4) is 0 Å². The Morgan fingerprint density at radius 1 is 1.53 bits per heavy atom. The Bertz CT molecular complexity index is 247. The fourth-order valence-corrected chi connectivity index (χ4v) is 2.35. The highest BCUT2D eigenvalue weighted by Gasteiger charge is 2.37. The number of rotatable bonds is 1. The molecule has 1 amide bonds. The van der Waals surface area contributed by atoms with Crippen LogP contribution < -0.4 is 5.32 Å². The molecule has 4 nitrogen and oxygen atoms in total. The number of hydrogen-bond donors (Lipinski definition) is 1. The van der Waals surface area contributed by atoms with Gasteiger partial charge in [-0.1, -0.05) is 0 Å². The fraction of sp³-hybridized carbons (Fsp3) is 0.909. The number of nitrogens with zero attached hydrogens (tertiary/aromatic N) is 1. The fourth-order valence-electron chi connectivity index (χ4n) is 2.35. The van der Waals surface area contributed by atoms with Gasteiger partial charge >= 0.3 is 0 Å². The summed E-state index contributed by atoms with van der Waals surface area (Å²) in [6, 6.07) is 0.0439. The van der Waals surface area contributed by atoms with Crippen molar-refractivity contribution in [2.24, 2.45) is 0 Å². The second-order valence-electron chi connectivity index (χ2n) is 5.00. The zero-order chi connectivity index (χ0) is 10.9. The Balaban J connectivity index is 2.04. The quantitative estimate of drug-likeness (QED) is 0.683. The number of carbonyl (C=O) groups is 1. The van der Waals surface area contributed by atoms with E-state index in [2.05, 4.69) is 19.2 Å². The van der Waals surface area contributed by atoms with E-state index in [1.165, 1.54) is 0 Å². The van der Waals surface area contributed by atoms with Gasteiger partial charge in [-0.15, -0.1) is 0 Å². The summed E-state index contributed by atoms with van der Waals surface area (Å²) in [5, 5.41) is 3.26. The minimum Gasteiger partial charge on any atom is -0.377 e. The zero-order valence-electron chi connectivity index (χ0n) is 9.58. The minimum absolute atomic E-state index is 0.0439. The lowest BCUT2D eigenvalue weighted by Crippen LogP contribution is -2.59. The van der Waals surface area contributed by atoms with Crippen molar-refractivity contribution in [3.05, 3.63) is 0 Å². The Hall–Kier alpha value is -0.610.